The number of likely N-dealkylation sites (N-methyl/N-ethyl adjacent to an activating group) is 1. The van der Waals surface area contributed by atoms with Crippen LogP contribution >= 0.6 is 0 Å². The molecule has 1 fully saturated rings. The molecule has 2 unspecified atom stereocenters. The third-order valence-electron chi connectivity index (χ3n) is 5.58. The summed E-state index contributed by atoms with van der Waals surface area (Å²) in [5, 5.41) is 14.2. The molecular formula is C20H33N3O. The van der Waals surface area contributed by atoms with E-state index in [9.17, 15) is 5.11 Å². The van der Waals surface area contributed by atoms with Gasteiger partial charge in [0.25, 0.3) is 0 Å². The predicted molar refractivity (Wildman–Crippen MR) is 98.9 cm³/mol. The molecule has 3 rings (SSSR count). The summed E-state index contributed by atoms with van der Waals surface area (Å²) >= 11 is 0. The molecule has 0 aromatic heterocycles. The monoisotopic (exact) mass is 331 g/mol. The Balaban J connectivity index is 1.48. The Morgan fingerprint density at radius 2 is 1.92 bits per heavy atom. The number of hydrogen-bond acceptors (Lipinski definition) is 4. The van der Waals surface area contributed by atoms with Crippen molar-refractivity contribution in [2.45, 2.75) is 64.4 Å². The van der Waals surface area contributed by atoms with Gasteiger partial charge in [0.15, 0.2) is 0 Å². The zero-order valence-electron chi connectivity index (χ0n) is 15.5. The van der Waals surface area contributed by atoms with Crippen molar-refractivity contribution in [3.05, 3.63) is 35.4 Å². The van der Waals surface area contributed by atoms with E-state index in [-0.39, 0.29) is 11.6 Å². The molecule has 2 aliphatic rings. The summed E-state index contributed by atoms with van der Waals surface area (Å²) in [6.07, 6.45) is 2.06. The lowest BCUT2D eigenvalue weighted by Crippen LogP contribution is -2.53. The standard InChI is InChI=1S/C20H33N3O/c1-4-23-11-7-10-18(23)19(24)12-21-20(2,3)15-22-13-16-8-5-6-9-17(16)14-22/h5-6,8-9,18-19,21,24H,4,7,10-15H2,1-3H3. The maximum atomic E-state index is 10.6. The second-order valence-corrected chi connectivity index (χ2v) is 8.08. The third kappa shape index (κ3) is 4.17. The molecular weight excluding hydrogens is 298 g/mol. The first kappa shape index (κ1) is 17.9. The Morgan fingerprint density at radius 3 is 2.54 bits per heavy atom. The Morgan fingerprint density at radius 1 is 1.25 bits per heavy atom. The average molecular weight is 332 g/mol. The maximum absolute atomic E-state index is 10.6. The summed E-state index contributed by atoms with van der Waals surface area (Å²) in [5.41, 5.74) is 2.91. The third-order valence-corrected chi connectivity index (χ3v) is 5.58. The van der Waals surface area contributed by atoms with Gasteiger partial charge in [-0.1, -0.05) is 31.2 Å². The van der Waals surface area contributed by atoms with Gasteiger partial charge in [-0.2, -0.15) is 0 Å². The van der Waals surface area contributed by atoms with Crippen LogP contribution < -0.4 is 5.32 Å². The van der Waals surface area contributed by atoms with Crippen molar-refractivity contribution < 1.29 is 5.11 Å². The van der Waals surface area contributed by atoms with Crippen molar-refractivity contribution in [3.8, 4) is 0 Å². The number of rotatable bonds is 7. The van der Waals surface area contributed by atoms with Crippen molar-refractivity contribution in [1.82, 2.24) is 15.1 Å². The normalized spacial score (nSPS) is 23.6. The van der Waals surface area contributed by atoms with E-state index in [1.54, 1.807) is 0 Å². The van der Waals surface area contributed by atoms with Crippen LogP contribution in [0.4, 0.5) is 0 Å². The quantitative estimate of drug-likeness (QED) is 0.803. The SMILES string of the molecule is CCN1CCCC1C(O)CNC(C)(C)CN1Cc2ccccc2C1. The van der Waals surface area contributed by atoms with Gasteiger partial charge in [0.1, 0.15) is 0 Å². The van der Waals surface area contributed by atoms with Gasteiger partial charge in [0.05, 0.1) is 6.10 Å². The minimum Gasteiger partial charge on any atom is -0.390 e. The van der Waals surface area contributed by atoms with E-state index in [4.69, 9.17) is 0 Å². The van der Waals surface area contributed by atoms with E-state index in [0.717, 1.165) is 39.1 Å². The zero-order valence-corrected chi connectivity index (χ0v) is 15.5. The number of nitrogens with zero attached hydrogens (tertiary/aromatic N) is 2. The van der Waals surface area contributed by atoms with Gasteiger partial charge in [0, 0.05) is 37.8 Å². The molecule has 1 aromatic carbocycles. The molecule has 0 saturated carbocycles. The Bertz CT molecular complexity index is 520. The van der Waals surface area contributed by atoms with Crippen LogP contribution in [0, 0.1) is 0 Å². The molecule has 4 heteroatoms. The molecule has 1 saturated heterocycles. The van der Waals surface area contributed by atoms with E-state index in [2.05, 4.69) is 60.2 Å². The van der Waals surface area contributed by atoms with Crippen LogP contribution in [0.15, 0.2) is 24.3 Å². The van der Waals surface area contributed by atoms with E-state index in [1.807, 2.05) is 0 Å². The number of benzene rings is 1. The Hall–Kier alpha value is -0.940. The number of aliphatic hydroxyl groups excluding tert-OH is 1. The summed E-state index contributed by atoms with van der Waals surface area (Å²) < 4.78 is 0. The number of fused-ring (bicyclic) bond motifs is 1. The van der Waals surface area contributed by atoms with Crippen molar-refractivity contribution in [3.63, 3.8) is 0 Å². The average Bonchev–Trinajstić information content (AvgIpc) is 3.17. The first-order chi connectivity index (χ1) is 11.5. The Kier molecular flexibility index (Phi) is 5.60. The van der Waals surface area contributed by atoms with E-state index >= 15 is 0 Å². The lowest BCUT2D eigenvalue weighted by Gasteiger charge is -2.34. The maximum Gasteiger partial charge on any atom is 0.0819 e. The second-order valence-electron chi connectivity index (χ2n) is 8.08. The molecule has 0 amide bonds. The van der Waals surface area contributed by atoms with Gasteiger partial charge in [-0.25, -0.2) is 0 Å². The molecule has 134 valence electrons. The molecule has 2 atom stereocenters. The highest BCUT2D eigenvalue weighted by Gasteiger charge is 2.31. The molecule has 2 N–H and O–H groups in total. The first-order valence-electron chi connectivity index (χ1n) is 9.45. The van der Waals surface area contributed by atoms with E-state index in [1.165, 1.54) is 17.5 Å². The summed E-state index contributed by atoms with van der Waals surface area (Å²) in [6, 6.07) is 9.05. The molecule has 0 aliphatic carbocycles. The lowest BCUT2D eigenvalue weighted by atomic mass is 10.0. The summed E-state index contributed by atoms with van der Waals surface area (Å²) in [6.45, 7) is 12.6. The molecule has 24 heavy (non-hydrogen) atoms. The number of hydrogen-bond donors (Lipinski definition) is 2. The highest BCUT2D eigenvalue weighted by Crippen LogP contribution is 2.24. The molecule has 0 spiro atoms. The number of nitrogens with one attached hydrogen (secondary N) is 1. The first-order valence-corrected chi connectivity index (χ1v) is 9.45. The minimum atomic E-state index is -0.275. The van der Waals surface area contributed by atoms with Crippen LogP contribution in [0.3, 0.4) is 0 Å². The number of likely N-dealkylation sites (tertiary alicyclic amines) is 1. The van der Waals surface area contributed by atoms with Crippen LogP contribution in [0.1, 0.15) is 44.7 Å². The van der Waals surface area contributed by atoms with Crippen LogP contribution in [-0.2, 0) is 13.1 Å². The lowest BCUT2D eigenvalue weighted by molar-refractivity contribution is 0.0658. The van der Waals surface area contributed by atoms with Crippen molar-refractivity contribution >= 4 is 0 Å². The fourth-order valence-corrected chi connectivity index (χ4v) is 4.33. The summed E-state index contributed by atoms with van der Waals surface area (Å²) in [4.78, 5) is 4.91. The van der Waals surface area contributed by atoms with Crippen LogP contribution in [0.2, 0.25) is 0 Å². The van der Waals surface area contributed by atoms with Crippen LogP contribution in [0.5, 0.6) is 0 Å². The highest BCUT2D eigenvalue weighted by atomic mass is 16.3. The fourth-order valence-electron chi connectivity index (χ4n) is 4.33. The van der Waals surface area contributed by atoms with Gasteiger partial charge in [0.2, 0.25) is 0 Å². The summed E-state index contributed by atoms with van der Waals surface area (Å²) in [5.74, 6) is 0. The van der Waals surface area contributed by atoms with Crippen LogP contribution in [0.25, 0.3) is 0 Å². The predicted octanol–water partition coefficient (Wildman–Crippen LogP) is 2.22. The Labute approximate surface area is 146 Å². The molecule has 0 bridgehead atoms. The topological polar surface area (TPSA) is 38.7 Å². The zero-order chi connectivity index (χ0) is 17.2. The fraction of sp³-hybridized carbons (Fsp3) is 0.700. The molecule has 1 aromatic rings. The van der Waals surface area contributed by atoms with Gasteiger partial charge in [-0.15, -0.1) is 0 Å². The van der Waals surface area contributed by atoms with Crippen molar-refractivity contribution in [2.24, 2.45) is 0 Å². The molecule has 4 nitrogen and oxygen atoms in total. The molecule has 2 aliphatic heterocycles. The number of β-amino-alcohol motifs (C(OH)–C–C–N with tert-alkyl or cyclic N) is 1. The van der Waals surface area contributed by atoms with E-state index in [0.29, 0.717) is 12.6 Å². The van der Waals surface area contributed by atoms with Gasteiger partial charge >= 0.3 is 0 Å². The van der Waals surface area contributed by atoms with Crippen molar-refractivity contribution in [1.29, 1.82) is 0 Å². The smallest absolute Gasteiger partial charge is 0.0819 e. The van der Waals surface area contributed by atoms with Gasteiger partial charge < -0.3 is 10.4 Å². The second kappa shape index (κ2) is 7.52. The molecule has 2 heterocycles. The van der Waals surface area contributed by atoms with E-state index < -0.39 is 0 Å². The largest absolute Gasteiger partial charge is 0.390 e. The van der Waals surface area contributed by atoms with Gasteiger partial charge in [-0.3, -0.25) is 9.80 Å². The minimum absolute atomic E-state index is 0.00132. The van der Waals surface area contributed by atoms with Gasteiger partial charge in [-0.05, 0) is 50.9 Å². The van der Waals surface area contributed by atoms with Crippen molar-refractivity contribution in [2.75, 3.05) is 26.2 Å². The highest BCUT2D eigenvalue weighted by molar-refractivity contribution is 5.30. The molecule has 0 radical (unpaired) electrons. The summed E-state index contributed by atoms with van der Waals surface area (Å²) in [7, 11) is 0. The number of aliphatic hydroxyl groups is 1. The van der Waals surface area contributed by atoms with Crippen LogP contribution in [-0.4, -0.2) is 58.8 Å².